The lowest BCUT2D eigenvalue weighted by Crippen LogP contribution is -2.58. The third kappa shape index (κ3) is 8.86. The molecule has 9 atom stereocenters. The Balaban J connectivity index is 2.18. The van der Waals surface area contributed by atoms with Crippen molar-refractivity contribution in [3.63, 3.8) is 0 Å². The quantitative estimate of drug-likeness (QED) is 0.269. The van der Waals surface area contributed by atoms with E-state index in [1.807, 2.05) is 58.0 Å². The molecule has 1 amide bonds. The molecule has 2 saturated heterocycles. The summed E-state index contributed by atoms with van der Waals surface area (Å²) in [6, 6.07) is 9.71. The van der Waals surface area contributed by atoms with E-state index in [2.05, 4.69) is 10.1 Å². The largest absolute Gasteiger partial charge is 0.459 e. The molecule has 3 rings (SSSR count). The van der Waals surface area contributed by atoms with Crippen molar-refractivity contribution in [2.45, 2.75) is 112 Å². The van der Waals surface area contributed by atoms with Crippen LogP contribution in [0.5, 0.6) is 0 Å². The van der Waals surface area contributed by atoms with E-state index in [9.17, 15) is 19.5 Å². The fourth-order valence-corrected chi connectivity index (χ4v) is 6.70. The molecule has 2 aliphatic heterocycles. The number of Topliss-reactive ketones (excluding diaryl/α,β-unsaturated/α-hetero) is 1. The number of hydrogen-bond acceptors (Lipinski definition) is 9. The van der Waals surface area contributed by atoms with Crippen molar-refractivity contribution < 1.29 is 38.5 Å². The first-order valence-electron chi connectivity index (χ1n) is 16.1. The van der Waals surface area contributed by atoms with Crippen LogP contribution in [0.15, 0.2) is 40.5 Å². The van der Waals surface area contributed by atoms with Gasteiger partial charge in [0.2, 0.25) is 5.91 Å². The van der Waals surface area contributed by atoms with Crippen LogP contribution in [0.2, 0.25) is 0 Å². The first-order chi connectivity index (χ1) is 21.1. The molecule has 1 aromatic carbocycles. The Morgan fingerprint density at radius 1 is 1.07 bits per heavy atom. The Morgan fingerprint density at radius 2 is 1.73 bits per heavy atom. The second-order valence-corrected chi connectivity index (χ2v) is 13.3. The number of fused-ring (bicyclic) bond motifs is 5. The number of cyclic esters (lactones) is 1. The van der Waals surface area contributed by atoms with Gasteiger partial charge in [-0.1, -0.05) is 70.1 Å². The molecule has 0 aromatic heterocycles. The minimum Gasteiger partial charge on any atom is -0.459 e. The minimum absolute atomic E-state index is 0.109. The monoisotopic (exact) mass is 628 g/mol. The average Bonchev–Trinajstić information content (AvgIpc) is 3.00. The standard InChI is InChI=1S/C35H52N2O8/c1-10-29-35(9,41)32-23(4)30(36-26(7)38)21(2)18-34(8,25(6)22(3)31(39)24(5)33(40)45-29)43-20-28(16-17-42-32)37-44-19-27-14-12-11-13-15-27/h11-15,21-25,29,32,41H,10,16-20H2,1-9H3/b36-30?,37-28+/t21-,22-,23+,24-,25-,29-,32-,34-,35-/m1/s1. The van der Waals surface area contributed by atoms with E-state index in [0.29, 0.717) is 24.3 Å². The summed E-state index contributed by atoms with van der Waals surface area (Å²) in [5.41, 5.74) is -0.459. The van der Waals surface area contributed by atoms with Gasteiger partial charge in [0.15, 0.2) is 0 Å². The normalized spacial score (nSPS) is 37.6. The molecule has 0 saturated carbocycles. The summed E-state index contributed by atoms with van der Waals surface area (Å²) in [5.74, 6) is -4.12. The van der Waals surface area contributed by atoms with Crippen LogP contribution in [0.25, 0.3) is 0 Å². The minimum atomic E-state index is -1.70. The molecular formula is C35H52N2O8. The van der Waals surface area contributed by atoms with Gasteiger partial charge in [-0.2, -0.15) is 0 Å². The van der Waals surface area contributed by atoms with Gasteiger partial charge < -0.3 is 24.2 Å². The van der Waals surface area contributed by atoms with Crippen molar-refractivity contribution in [1.82, 2.24) is 0 Å². The van der Waals surface area contributed by atoms with Crippen LogP contribution in [-0.4, -0.2) is 70.8 Å². The van der Waals surface area contributed by atoms with Crippen molar-refractivity contribution >= 4 is 29.1 Å². The number of aliphatic hydroxyl groups is 1. The van der Waals surface area contributed by atoms with Crippen molar-refractivity contribution in [2.24, 2.45) is 39.7 Å². The molecule has 0 spiro atoms. The highest BCUT2D eigenvalue weighted by atomic mass is 16.6. The summed E-state index contributed by atoms with van der Waals surface area (Å²) >= 11 is 0. The van der Waals surface area contributed by atoms with Gasteiger partial charge in [0.05, 0.1) is 30.6 Å². The van der Waals surface area contributed by atoms with Crippen molar-refractivity contribution in [3.8, 4) is 0 Å². The van der Waals surface area contributed by atoms with Gasteiger partial charge in [-0.25, -0.2) is 4.99 Å². The summed E-state index contributed by atoms with van der Waals surface area (Å²) in [6.07, 6.45) is -0.889. The van der Waals surface area contributed by atoms with Crippen molar-refractivity contribution in [2.75, 3.05) is 13.2 Å². The van der Waals surface area contributed by atoms with Crippen LogP contribution in [0, 0.1) is 29.6 Å². The van der Waals surface area contributed by atoms with Crippen LogP contribution >= 0.6 is 0 Å². The molecule has 10 heteroatoms. The third-order valence-electron chi connectivity index (χ3n) is 9.75. The van der Waals surface area contributed by atoms with Gasteiger partial charge in [0.1, 0.15) is 30.0 Å². The molecule has 45 heavy (non-hydrogen) atoms. The Labute approximate surface area is 267 Å². The zero-order valence-electron chi connectivity index (χ0n) is 28.4. The molecule has 2 heterocycles. The fourth-order valence-electron chi connectivity index (χ4n) is 6.70. The molecule has 2 aliphatic rings. The van der Waals surface area contributed by atoms with E-state index in [4.69, 9.17) is 19.0 Å². The number of esters is 1. The number of aliphatic imine (C=N–C) groups is 1. The van der Waals surface area contributed by atoms with Gasteiger partial charge in [-0.05, 0) is 51.0 Å². The number of benzene rings is 1. The molecular weight excluding hydrogens is 576 g/mol. The molecule has 1 N–H and O–H groups in total. The van der Waals surface area contributed by atoms with Gasteiger partial charge in [0, 0.05) is 30.9 Å². The maximum atomic E-state index is 13.7. The highest BCUT2D eigenvalue weighted by Gasteiger charge is 2.50. The highest BCUT2D eigenvalue weighted by Crippen LogP contribution is 2.39. The molecule has 1 aromatic rings. The molecule has 2 fully saturated rings. The molecule has 0 aliphatic carbocycles. The zero-order chi connectivity index (χ0) is 33.5. The number of carbonyl (C=O) groups excluding carboxylic acids is 3. The van der Waals surface area contributed by atoms with Crippen LogP contribution in [0.4, 0.5) is 0 Å². The van der Waals surface area contributed by atoms with E-state index in [1.165, 1.54) is 6.92 Å². The molecule has 0 unspecified atom stereocenters. The van der Waals surface area contributed by atoms with E-state index in [0.717, 1.165) is 5.56 Å². The lowest BCUT2D eigenvalue weighted by molar-refractivity contribution is -0.195. The predicted octanol–water partition coefficient (Wildman–Crippen LogP) is 5.34. The van der Waals surface area contributed by atoms with Crippen LogP contribution < -0.4 is 0 Å². The van der Waals surface area contributed by atoms with Crippen LogP contribution in [0.1, 0.15) is 87.1 Å². The number of ether oxygens (including phenoxy) is 3. The first kappa shape index (κ1) is 36.5. The summed E-state index contributed by atoms with van der Waals surface area (Å²) < 4.78 is 19.0. The average molecular weight is 629 g/mol. The Kier molecular flexibility index (Phi) is 12.6. The smallest absolute Gasteiger partial charge is 0.316 e. The molecule has 2 bridgehead atoms. The lowest BCUT2D eigenvalue weighted by atomic mass is 9.70. The number of amides is 1. The topological polar surface area (TPSA) is 133 Å². The third-order valence-corrected chi connectivity index (χ3v) is 9.75. The maximum Gasteiger partial charge on any atom is 0.316 e. The summed E-state index contributed by atoms with van der Waals surface area (Å²) in [7, 11) is 0. The maximum absolute atomic E-state index is 13.7. The van der Waals surface area contributed by atoms with Gasteiger partial charge in [0.25, 0.3) is 0 Å². The lowest BCUT2D eigenvalue weighted by Gasteiger charge is -2.45. The van der Waals surface area contributed by atoms with Crippen LogP contribution in [-0.2, 0) is 40.0 Å². The van der Waals surface area contributed by atoms with Crippen molar-refractivity contribution in [1.29, 1.82) is 0 Å². The number of ketones is 1. The van der Waals surface area contributed by atoms with Crippen molar-refractivity contribution in [3.05, 3.63) is 35.9 Å². The summed E-state index contributed by atoms with van der Waals surface area (Å²) in [4.78, 5) is 49.7. The second kappa shape index (κ2) is 15.6. The summed E-state index contributed by atoms with van der Waals surface area (Å²) in [5, 5.41) is 16.6. The number of carbonyl (C=O) groups is 3. The van der Waals surface area contributed by atoms with Gasteiger partial charge >= 0.3 is 5.97 Å². The SMILES string of the molecule is CC[C@H]1OC(=O)[C@H](C)C(=O)[C@H](C)[C@@H](C)[C@@]2(C)C[C@@H](C)C(=NC(C)=O)[C@H](C)[C@@H](OCC/C(=N\OCc3ccccc3)CO2)[C@]1(C)O. The Hall–Kier alpha value is -2.95. The Morgan fingerprint density at radius 3 is 2.36 bits per heavy atom. The second-order valence-electron chi connectivity index (χ2n) is 13.3. The van der Waals surface area contributed by atoms with E-state index < -0.39 is 47.1 Å². The van der Waals surface area contributed by atoms with E-state index >= 15 is 0 Å². The number of rotatable bonds is 4. The van der Waals surface area contributed by atoms with Crippen LogP contribution in [0.3, 0.4) is 0 Å². The molecule has 10 nitrogen and oxygen atoms in total. The number of hydrogen-bond donors (Lipinski definition) is 1. The Bertz CT molecular complexity index is 1250. The highest BCUT2D eigenvalue weighted by molar-refractivity contribution is 6.00. The van der Waals surface area contributed by atoms with Gasteiger partial charge in [-0.3, -0.25) is 14.4 Å². The van der Waals surface area contributed by atoms with Gasteiger partial charge in [-0.15, -0.1) is 0 Å². The zero-order valence-corrected chi connectivity index (χ0v) is 28.4. The first-order valence-corrected chi connectivity index (χ1v) is 16.1. The molecule has 250 valence electrons. The predicted molar refractivity (Wildman–Crippen MR) is 172 cm³/mol. The summed E-state index contributed by atoms with van der Waals surface area (Å²) in [6.45, 7) is 16.4. The van der Waals surface area contributed by atoms with E-state index in [-0.39, 0.29) is 49.8 Å². The number of nitrogens with zero attached hydrogens (tertiary/aromatic N) is 2. The number of oxime groups is 1. The van der Waals surface area contributed by atoms with E-state index in [1.54, 1.807) is 27.7 Å². The fraction of sp³-hybridized carbons (Fsp3) is 0.686. The molecule has 0 radical (unpaired) electrons.